The molecule has 2 heterocycles. The van der Waals surface area contributed by atoms with E-state index in [-0.39, 0.29) is 5.91 Å². The number of benzene rings is 1. The number of carbonyl (C=O) groups is 1. The van der Waals surface area contributed by atoms with Crippen molar-refractivity contribution in [2.45, 2.75) is 39.2 Å². The first-order valence-electron chi connectivity index (χ1n) is 8.92. The molecule has 1 aliphatic heterocycles. The van der Waals surface area contributed by atoms with Gasteiger partial charge in [0.2, 0.25) is 0 Å². The van der Waals surface area contributed by atoms with Crippen LogP contribution in [0.2, 0.25) is 0 Å². The van der Waals surface area contributed by atoms with Crippen molar-refractivity contribution in [3.63, 3.8) is 0 Å². The van der Waals surface area contributed by atoms with Crippen LogP contribution in [-0.4, -0.2) is 35.2 Å². The van der Waals surface area contributed by atoms with E-state index in [0.29, 0.717) is 17.6 Å². The van der Waals surface area contributed by atoms with Gasteiger partial charge < -0.3 is 15.5 Å². The summed E-state index contributed by atoms with van der Waals surface area (Å²) < 4.78 is 0. The highest BCUT2D eigenvalue weighted by Crippen LogP contribution is 2.22. The summed E-state index contributed by atoms with van der Waals surface area (Å²) in [6, 6.07) is 11.7. The lowest BCUT2D eigenvalue weighted by atomic mass is 10.2. The minimum absolute atomic E-state index is 0.253. The van der Waals surface area contributed by atoms with Crippen molar-refractivity contribution in [2.75, 3.05) is 28.6 Å². The summed E-state index contributed by atoms with van der Waals surface area (Å²) in [6.07, 6.45) is 3.50. The van der Waals surface area contributed by atoms with Crippen LogP contribution < -0.4 is 15.5 Å². The largest absolute Gasteiger partial charge is 0.372 e. The number of carbonyl (C=O) groups excluding carboxylic acids is 1. The maximum atomic E-state index is 12.3. The molecule has 25 heavy (non-hydrogen) atoms. The lowest BCUT2D eigenvalue weighted by molar-refractivity contribution is 0.102. The van der Waals surface area contributed by atoms with Gasteiger partial charge in [-0.15, -0.1) is 10.2 Å². The maximum Gasteiger partial charge on any atom is 0.276 e. The predicted octanol–water partition coefficient (Wildman–Crippen LogP) is 3.54. The molecule has 0 radical (unpaired) electrons. The number of nitrogens with one attached hydrogen (secondary N) is 2. The number of rotatable bonds is 6. The molecule has 1 aromatic heterocycles. The van der Waals surface area contributed by atoms with Crippen LogP contribution >= 0.6 is 0 Å². The molecule has 1 fully saturated rings. The third-order valence-electron chi connectivity index (χ3n) is 4.50. The average Bonchev–Trinajstić information content (AvgIpc) is 3.17. The van der Waals surface area contributed by atoms with Crippen molar-refractivity contribution in [3.05, 3.63) is 42.1 Å². The first-order chi connectivity index (χ1) is 12.2. The summed E-state index contributed by atoms with van der Waals surface area (Å²) >= 11 is 0. The van der Waals surface area contributed by atoms with E-state index in [9.17, 15) is 4.79 Å². The summed E-state index contributed by atoms with van der Waals surface area (Å²) in [7, 11) is 0. The molecule has 0 aliphatic carbocycles. The molecule has 1 unspecified atom stereocenters. The topological polar surface area (TPSA) is 70.2 Å². The van der Waals surface area contributed by atoms with Crippen LogP contribution in [0.3, 0.4) is 0 Å². The molecular weight excluding hydrogens is 314 g/mol. The highest BCUT2D eigenvalue weighted by Gasteiger charge is 2.13. The molecule has 1 atom stereocenters. The van der Waals surface area contributed by atoms with E-state index in [2.05, 4.69) is 39.6 Å². The van der Waals surface area contributed by atoms with Crippen LogP contribution in [0.25, 0.3) is 0 Å². The summed E-state index contributed by atoms with van der Waals surface area (Å²) in [5.74, 6) is 0.428. The molecule has 6 nitrogen and oxygen atoms in total. The monoisotopic (exact) mass is 339 g/mol. The molecule has 1 aromatic carbocycles. The molecule has 0 saturated carbocycles. The number of anilines is 3. The van der Waals surface area contributed by atoms with Gasteiger partial charge in [-0.05, 0) is 62.6 Å². The number of amides is 1. The molecule has 2 N–H and O–H groups in total. The van der Waals surface area contributed by atoms with Gasteiger partial charge in [-0.2, -0.15) is 0 Å². The summed E-state index contributed by atoms with van der Waals surface area (Å²) in [4.78, 5) is 14.7. The van der Waals surface area contributed by atoms with E-state index in [1.54, 1.807) is 12.1 Å². The highest BCUT2D eigenvalue weighted by molar-refractivity contribution is 6.02. The normalized spacial score (nSPS) is 15.0. The van der Waals surface area contributed by atoms with E-state index >= 15 is 0 Å². The molecule has 1 amide bonds. The van der Waals surface area contributed by atoms with E-state index in [1.807, 2.05) is 24.3 Å². The Morgan fingerprint density at radius 3 is 2.44 bits per heavy atom. The standard InChI is InChI=1S/C19H25N5O/c1-3-14(2)20-18-11-10-17(22-23-18)19(25)21-15-6-8-16(9-7-15)24-12-4-5-13-24/h6-11,14H,3-5,12-13H2,1-2H3,(H,20,23)(H,21,25). The van der Waals surface area contributed by atoms with E-state index < -0.39 is 0 Å². The zero-order chi connectivity index (χ0) is 17.6. The Balaban J connectivity index is 1.59. The van der Waals surface area contributed by atoms with Crippen LogP contribution in [0.1, 0.15) is 43.6 Å². The fraction of sp³-hybridized carbons (Fsp3) is 0.421. The zero-order valence-corrected chi connectivity index (χ0v) is 14.8. The third-order valence-corrected chi connectivity index (χ3v) is 4.50. The van der Waals surface area contributed by atoms with Gasteiger partial charge in [0, 0.05) is 30.5 Å². The second-order valence-corrected chi connectivity index (χ2v) is 6.45. The molecule has 1 aliphatic rings. The second-order valence-electron chi connectivity index (χ2n) is 6.45. The van der Waals surface area contributed by atoms with Crippen LogP contribution in [0.4, 0.5) is 17.2 Å². The van der Waals surface area contributed by atoms with E-state index in [0.717, 1.165) is 25.2 Å². The van der Waals surface area contributed by atoms with Gasteiger partial charge in [-0.25, -0.2) is 0 Å². The molecule has 0 bridgehead atoms. The average molecular weight is 339 g/mol. The van der Waals surface area contributed by atoms with Crippen molar-refractivity contribution < 1.29 is 4.79 Å². The smallest absolute Gasteiger partial charge is 0.276 e. The van der Waals surface area contributed by atoms with Gasteiger partial charge >= 0.3 is 0 Å². The minimum Gasteiger partial charge on any atom is -0.372 e. The number of hydrogen-bond donors (Lipinski definition) is 2. The number of hydrogen-bond acceptors (Lipinski definition) is 5. The first kappa shape index (κ1) is 17.2. The lowest BCUT2D eigenvalue weighted by Crippen LogP contribution is -2.18. The SMILES string of the molecule is CCC(C)Nc1ccc(C(=O)Nc2ccc(N3CCCC3)cc2)nn1. The van der Waals surface area contributed by atoms with Crippen LogP contribution in [0.15, 0.2) is 36.4 Å². The van der Waals surface area contributed by atoms with E-state index in [4.69, 9.17) is 0 Å². The Hall–Kier alpha value is -2.63. The Kier molecular flexibility index (Phi) is 5.48. The van der Waals surface area contributed by atoms with Crippen molar-refractivity contribution in [1.82, 2.24) is 10.2 Å². The van der Waals surface area contributed by atoms with Gasteiger partial charge in [0.1, 0.15) is 5.82 Å². The lowest BCUT2D eigenvalue weighted by Gasteiger charge is -2.17. The number of nitrogens with zero attached hydrogens (tertiary/aromatic N) is 3. The molecule has 132 valence electrons. The van der Waals surface area contributed by atoms with Gasteiger partial charge in [-0.3, -0.25) is 4.79 Å². The predicted molar refractivity (Wildman–Crippen MR) is 101 cm³/mol. The maximum absolute atomic E-state index is 12.3. The summed E-state index contributed by atoms with van der Waals surface area (Å²) in [5, 5.41) is 14.2. The van der Waals surface area contributed by atoms with Gasteiger partial charge in [0.25, 0.3) is 5.91 Å². The van der Waals surface area contributed by atoms with Crippen LogP contribution in [0.5, 0.6) is 0 Å². The minimum atomic E-state index is -0.253. The highest BCUT2D eigenvalue weighted by atomic mass is 16.1. The summed E-state index contributed by atoms with van der Waals surface area (Å²) in [6.45, 7) is 6.40. The molecule has 0 spiro atoms. The molecule has 2 aromatic rings. The fourth-order valence-electron chi connectivity index (χ4n) is 2.81. The van der Waals surface area contributed by atoms with E-state index in [1.165, 1.54) is 18.5 Å². The van der Waals surface area contributed by atoms with Crippen LogP contribution in [0, 0.1) is 0 Å². The van der Waals surface area contributed by atoms with Gasteiger partial charge in [-0.1, -0.05) is 6.92 Å². The van der Waals surface area contributed by atoms with Gasteiger partial charge in [0.15, 0.2) is 5.69 Å². The molecule has 6 heteroatoms. The Morgan fingerprint density at radius 2 is 1.84 bits per heavy atom. The molecular formula is C19H25N5O. The zero-order valence-electron chi connectivity index (χ0n) is 14.8. The third kappa shape index (κ3) is 4.47. The quantitative estimate of drug-likeness (QED) is 0.842. The second kappa shape index (κ2) is 7.96. The Bertz CT molecular complexity index is 693. The van der Waals surface area contributed by atoms with Crippen molar-refractivity contribution in [3.8, 4) is 0 Å². The molecule has 3 rings (SSSR count). The number of aromatic nitrogens is 2. The molecule has 1 saturated heterocycles. The van der Waals surface area contributed by atoms with Crippen LogP contribution in [-0.2, 0) is 0 Å². The van der Waals surface area contributed by atoms with Gasteiger partial charge in [0.05, 0.1) is 0 Å². The Morgan fingerprint density at radius 1 is 1.12 bits per heavy atom. The Labute approximate surface area is 148 Å². The first-order valence-corrected chi connectivity index (χ1v) is 8.92. The van der Waals surface area contributed by atoms with Crippen molar-refractivity contribution in [2.24, 2.45) is 0 Å². The van der Waals surface area contributed by atoms with Crippen molar-refractivity contribution >= 4 is 23.1 Å². The van der Waals surface area contributed by atoms with Crippen molar-refractivity contribution in [1.29, 1.82) is 0 Å². The fourth-order valence-corrected chi connectivity index (χ4v) is 2.81. The summed E-state index contributed by atoms with van der Waals surface area (Å²) in [5.41, 5.74) is 2.27.